The van der Waals surface area contributed by atoms with Gasteiger partial charge in [-0.2, -0.15) is 0 Å². The summed E-state index contributed by atoms with van der Waals surface area (Å²) in [7, 11) is -2.92. The van der Waals surface area contributed by atoms with Crippen molar-refractivity contribution in [3.8, 4) is 11.3 Å². The Bertz CT molecular complexity index is 1170. The molecule has 10 heteroatoms. The second-order valence-corrected chi connectivity index (χ2v) is 8.26. The van der Waals surface area contributed by atoms with Gasteiger partial charge in [-0.3, -0.25) is 4.79 Å². The van der Waals surface area contributed by atoms with Gasteiger partial charge < -0.3 is 14.6 Å². The van der Waals surface area contributed by atoms with E-state index in [9.17, 15) is 18.0 Å². The first-order valence-electron chi connectivity index (χ1n) is 9.31. The van der Waals surface area contributed by atoms with Gasteiger partial charge in [0.15, 0.2) is 0 Å². The van der Waals surface area contributed by atoms with Gasteiger partial charge in [-0.15, -0.1) is 0 Å². The van der Waals surface area contributed by atoms with Crippen LogP contribution in [0.4, 0.5) is 4.79 Å². The Hall–Kier alpha value is -3.66. The van der Waals surface area contributed by atoms with Crippen LogP contribution >= 0.6 is 0 Å². The summed E-state index contributed by atoms with van der Waals surface area (Å²) in [5, 5.41) is 6.83. The fraction of sp³-hybridized carbons (Fsp3) is 0.190. The molecule has 162 valence electrons. The number of hydrogen-bond donors (Lipinski definition) is 2. The molecule has 3 rings (SSSR count). The van der Waals surface area contributed by atoms with E-state index in [-0.39, 0.29) is 10.8 Å². The van der Waals surface area contributed by atoms with Crippen molar-refractivity contribution in [1.82, 2.24) is 15.2 Å². The fourth-order valence-electron chi connectivity index (χ4n) is 2.89. The largest absolute Gasteiger partial charge is 0.452 e. The van der Waals surface area contributed by atoms with Crippen LogP contribution < -0.4 is 10.0 Å². The summed E-state index contributed by atoms with van der Waals surface area (Å²) >= 11 is 0. The molecule has 31 heavy (non-hydrogen) atoms. The van der Waals surface area contributed by atoms with E-state index < -0.39 is 16.1 Å². The maximum absolute atomic E-state index is 12.7. The molecule has 0 radical (unpaired) electrons. The Morgan fingerprint density at radius 2 is 1.74 bits per heavy atom. The molecular weight excluding hydrogens is 422 g/mol. The van der Waals surface area contributed by atoms with Gasteiger partial charge in [0, 0.05) is 12.1 Å². The molecule has 0 aliphatic carbocycles. The number of hydrogen-bond acceptors (Lipinski definition) is 7. The summed E-state index contributed by atoms with van der Waals surface area (Å²) in [5.41, 5.74) is 2.44. The minimum atomic E-state index is -4.00. The fourth-order valence-corrected chi connectivity index (χ4v) is 3.80. The third kappa shape index (κ3) is 5.28. The standard InChI is InChI=1S/C21H21N3O6S/c1-14-18(19(23-30-14)16-6-4-3-5-7-16)20(25)22-13-12-15-8-10-17(11-9-15)31(27,28)24-21(26)29-2/h3-11H,12-13H2,1-2H3,(H,22,25)(H,24,26). The number of benzene rings is 2. The maximum atomic E-state index is 12.7. The van der Waals surface area contributed by atoms with Crippen LogP contribution in [-0.4, -0.2) is 39.2 Å². The summed E-state index contributed by atoms with van der Waals surface area (Å²) in [6, 6.07) is 15.2. The summed E-state index contributed by atoms with van der Waals surface area (Å²) in [6.45, 7) is 2.00. The van der Waals surface area contributed by atoms with Crippen molar-refractivity contribution in [2.24, 2.45) is 0 Å². The zero-order chi connectivity index (χ0) is 22.4. The molecule has 0 aliphatic rings. The van der Waals surface area contributed by atoms with Crippen LogP contribution in [0.15, 0.2) is 64.0 Å². The monoisotopic (exact) mass is 443 g/mol. The lowest BCUT2D eigenvalue weighted by Crippen LogP contribution is -2.30. The first-order chi connectivity index (χ1) is 14.8. The van der Waals surface area contributed by atoms with Crippen molar-refractivity contribution in [1.29, 1.82) is 0 Å². The highest BCUT2D eigenvalue weighted by atomic mass is 32.2. The number of nitrogens with zero attached hydrogens (tertiary/aromatic N) is 1. The molecule has 0 aliphatic heterocycles. The van der Waals surface area contributed by atoms with Crippen molar-refractivity contribution in [3.05, 3.63) is 71.5 Å². The van der Waals surface area contributed by atoms with E-state index in [1.165, 1.54) is 12.1 Å². The number of sulfonamides is 1. The van der Waals surface area contributed by atoms with Crippen molar-refractivity contribution >= 4 is 22.0 Å². The van der Waals surface area contributed by atoms with E-state index in [0.29, 0.717) is 30.0 Å². The highest BCUT2D eigenvalue weighted by molar-refractivity contribution is 7.90. The summed E-state index contributed by atoms with van der Waals surface area (Å²) in [4.78, 5) is 23.8. The lowest BCUT2D eigenvalue weighted by molar-refractivity contribution is 0.0953. The molecule has 0 atom stereocenters. The van der Waals surface area contributed by atoms with Crippen molar-refractivity contribution in [2.75, 3.05) is 13.7 Å². The van der Waals surface area contributed by atoms with Gasteiger partial charge in [0.05, 0.1) is 12.0 Å². The van der Waals surface area contributed by atoms with Crippen LogP contribution in [0, 0.1) is 6.92 Å². The Morgan fingerprint density at radius 3 is 2.39 bits per heavy atom. The Balaban J connectivity index is 1.62. The smallest absolute Gasteiger partial charge is 0.420 e. The minimum absolute atomic E-state index is 0.0710. The lowest BCUT2D eigenvalue weighted by atomic mass is 10.1. The molecule has 1 aromatic heterocycles. The maximum Gasteiger partial charge on any atom is 0.420 e. The van der Waals surface area contributed by atoms with Crippen molar-refractivity contribution in [3.63, 3.8) is 0 Å². The van der Waals surface area contributed by atoms with Crippen LogP contribution in [-0.2, 0) is 21.2 Å². The average molecular weight is 443 g/mol. The van der Waals surface area contributed by atoms with Crippen molar-refractivity contribution < 1.29 is 27.3 Å². The molecular formula is C21H21N3O6S. The molecule has 2 N–H and O–H groups in total. The van der Waals surface area contributed by atoms with E-state index >= 15 is 0 Å². The number of methoxy groups -OCH3 is 1. The summed E-state index contributed by atoms with van der Waals surface area (Å²) < 4.78 is 35.4. The van der Waals surface area contributed by atoms with Gasteiger partial charge in [0.2, 0.25) is 0 Å². The SMILES string of the molecule is COC(=O)NS(=O)(=O)c1ccc(CCNC(=O)c2c(-c3ccccc3)noc2C)cc1. The Labute approximate surface area is 179 Å². The molecule has 3 aromatic rings. The quantitative estimate of drug-likeness (QED) is 0.575. The highest BCUT2D eigenvalue weighted by Gasteiger charge is 2.21. The minimum Gasteiger partial charge on any atom is -0.452 e. The second-order valence-electron chi connectivity index (χ2n) is 6.58. The number of rotatable bonds is 7. The van der Waals surface area contributed by atoms with E-state index in [2.05, 4.69) is 15.2 Å². The average Bonchev–Trinajstić information content (AvgIpc) is 3.15. The molecule has 2 amide bonds. The van der Waals surface area contributed by atoms with Gasteiger partial charge in [-0.25, -0.2) is 17.9 Å². The number of aromatic nitrogens is 1. The number of nitrogens with one attached hydrogen (secondary N) is 2. The van der Waals surface area contributed by atoms with Crippen molar-refractivity contribution in [2.45, 2.75) is 18.2 Å². The molecule has 0 spiro atoms. The van der Waals surface area contributed by atoms with E-state index in [4.69, 9.17) is 4.52 Å². The highest BCUT2D eigenvalue weighted by Crippen LogP contribution is 2.24. The molecule has 0 fully saturated rings. The normalized spacial score (nSPS) is 11.0. The molecule has 0 saturated carbocycles. The molecule has 9 nitrogen and oxygen atoms in total. The zero-order valence-electron chi connectivity index (χ0n) is 16.9. The van der Waals surface area contributed by atoms with E-state index in [1.54, 1.807) is 23.8 Å². The van der Waals surface area contributed by atoms with Crippen LogP contribution in [0.3, 0.4) is 0 Å². The van der Waals surface area contributed by atoms with Crippen LogP contribution in [0.2, 0.25) is 0 Å². The number of carbonyl (C=O) groups excluding carboxylic acids is 2. The summed E-state index contributed by atoms with van der Waals surface area (Å²) in [6.07, 6.45) is -0.590. The first-order valence-corrected chi connectivity index (χ1v) is 10.8. The first kappa shape index (κ1) is 22.0. The van der Waals surface area contributed by atoms with Gasteiger partial charge in [-0.05, 0) is 31.0 Å². The summed E-state index contributed by atoms with van der Waals surface area (Å²) in [5.74, 6) is 0.114. The van der Waals surface area contributed by atoms with Gasteiger partial charge in [0.1, 0.15) is 17.0 Å². The number of carbonyl (C=O) groups is 2. The number of aryl methyl sites for hydroxylation is 1. The molecule has 1 heterocycles. The molecule has 0 unspecified atom stereocenters. The van der Waals surface area contributed by atoms with E-state index in [1.807, 2.05) is 30.3 Å². The predicted molar refractivity (Wildman–Crippen MR) is 112 cm³/mol. The van der Waals surface area contributed by atoms with Crippen LogP contribution in [0.1, 0.15) is 21.7 Å². The molecule has 0 saturated heterocycles. The number of ether oxygens (including phenoxy) is 1. The topological polar surface area (TPSA) is 128 Å². The molecule has 2 aromatic carbocycles. The van der Waals surface area contributed by atoms with Crippen LogP contribution in [0.5, 0.6) is 0 Å². The van der Waals surface area contributed by atoms with Gasteiger partial charge in [-0.1, -0.05) is 47.6 Å². The zero-order valence-corrected chi connectivity index (χ0v) is 17.7. The second kappa shape index (κ2) is 9.43. The van der Waals surface area contributed by atoms with Gasteiger partial charge in [0.25, 0.3) is 15.9 Å². The van der Waals surface area contributed by atoms with Gasteiger partial charge >= 0.3 is 6.09 Å². The number of amides is 2. The third-order valence-corrected chi connectivity index (χ3v) is 5.80. The lowest BCUT2D eigenvalue weighted by Gasteiger charge is -2.08. The Kier molecular flexibility index (Phi) is 6.71. The molecule has 0 bridgehead atoms. The Morgan fingerprint density at radius 1 is 1.06 bits per heavy atom. The third-order valence-electron chi connectivity index (χ3n) is 4.47. The van der Waals surface area contributed by atoms with Crippen LogP contribution in [0.25, 0.3) is 11.3 Å². The van der Waals surface area contributed by atoms with E-state index in [0.717, 1.165) is 18.2 Å². The predicted octanol–water partition coefficient (Wildman–Crippen LogP) is 2.67.